The number of rotatable bonds is 5. The zero-order valence-corrected chi connectivity index (χ0v) is 16.4. The number of anilines is 1. The van der Waals surface area contributed by atoms with Crippen molar-refractivity contribution >= 4 is 24.8 Å². The topological polar surface area (TPSA) is 124 Å². The van der Waals surface area contributed by atoms with Crippen LogP contribution in [0.4, 0.5) is 5.82 Å². The summed E-state index contributed by atoms with van der Waals surface area (Å²) in [6, 6.07) is 9.81. The van der Waals surface area contributed by atoms with Gasteiger partial charge in [0.1, 0.15) is 30.3 Å². The summed E-state index contributed by atoms with van der Waals surface area (Å²) in [5.41, 5.74) is 8.02. The zero-order chi connectivity index (χ0) is 19.8. The average molecular weight is 417 g/mol. The lowest BCUT2D eigenvalue weighted by Crippen LogP contribution is -2.33. The van der Waals surface area contributed by atoms with E-state index < -0.39 is 13.9 Å². The number of nitrogen functional groups attached to an aromatic ring is 1. The number of nitrogens with two attached hydrogens (primary N) is 1. The second-order valence-corrected chi connectivity index (χ2v) is 8.53. The van der Waals surface area contributed by atoms with Crippen LogP contribution in [-0.2, 0) is 29.3 Å². The molecule has 0 bridgehead atoms. The van der Waals surface area contributed by atoms with E-state index in [0.717, 1.165) is 5.56 Å². The Balaban J connectivity index is 1.24. The molecule has 2 aromatic heterocycles. The van der Waals surface area contributed by atoms with Crippen molar-refractivity contribution in [1.82, 2.24) is 19.5 Å². The Morgan fingerprint density at radius 3 is 2.93 bits per heavy atom. The number of phosphoric ester groups is 1. The van der Waals surface area contributed by atoms with Crippen LogP contribution < -0.4 is 5.73 Å². The maximum Gasteiger partial charge on any atom is 0.475 e. The molecule has 0 radical (unpaired) electrons. The molecule has 29 heavy (non-hydrogen) atoms. The molecule has 2 fully saturated rings. The largest absolute Gasteiger partial charge is 0.475 e. The van der Waals surface area contributed by atoms with Crippen molar-refractivity contribution in [1.29, 1.82) is 0 Å². The van der Waals surface area contributed by atoms with Gasteiger partial charge in [0.2, 0.25) is 0 Å². The third-order valence-corrected chi connectivity index (χ3v) is 6.52. The molecule has 0 aliphatic carbocycles. The summed E-state index contributed by atoms with van der Waals surface area (Å²) < 4.78 is 37.2. The fourth-order valence-corrected chi connectivity index (χ4v) is 4.96. The second kappa shape index (κ2) is 7.47. The third kappa shape index (κ3) is 3.65. The van der Waals surface area contributed by atoms with Crippen LogP contribution in [0.2, 0.25) is 0 Å². The molecule has 2 unspecified atom stereocenters. The summed E-state index contributed by atoms with van der Waals surface area (Å²) in [4.78, 5) is 12.4. The summed E-state index contributed by atoms with van der Waals surface area (Å²) in [6.45, 7) is 0.374. The fourth-order valence-electron chi connectivity index (χ4n) is 3.56. The van der Waals surface area contributed by atoms with Crippen molar-refractivity contribution < 1.29 is 22.9 Å². The van der Waals surface area contributed by atoms with E-state index in [9.17, 15) is 4.57 Å². The predicted molar refractivity (Wildman–Crippen MR) is 103 cm³/mol. The minimum absolute atomic E-state index is 0.132. The number of ether oxygens (including phenoxy) is 1. The van der Waals surface area contributed by atoms with E-state index in [-0.39, 0.29) is 25.5 Å². The van der Waals surface area contributed by atoms with E-state index in [1.807, 2.05) is 30.3 Å². The number of fused-ring (bicyclic) bond motifs is 2. The van der Waals surface area contributed by atoms with Crippen LogP contribution in [0.5, 0.6) is 0 Å². The van der Waals surface area contributed by atoms with E-state index in [1.165, 1.54) is 6.33 Å². The molecule has 2 aliphatic rings. The maximum absolute atomic E-state index is 12.8. The summed E-state index contributed by atoms with van der Waals surface area (Å²) in [5.74, 6) is 0.306. The molecule has 2 N–H and O–H groups in total. The van der Waals surface area contributed by atoms with Crippen LogP contribution >= 0.6 is 7.82 Å². The monoisotopic (exact) mass is 417 g/mol. The molecule has 5 rings (SSSR count). The van der Waals surface area contributed by atoms with E-state index >= 15 is 0 Å². The number of phosphoric acid groups is 1. The first-order valence-corrected chi connectivity index (χ1v) is 10.8. The van der Waals surface area contributed by atoms with Gasteiger partial charge >= 0.3 is 7.82 Å². The van der Waals surface area contributed by atoms with E-state index in [0.29, 0.717) is 29.8 Å². The number of benzene rings is 1. The molecule has 2 aliphatic heterocycles. The van der Waals surface area contributed by atoms with E-state index in [2.05, 4.69) is 15.0 Å². The van der Waals surface area contributed by atoms with Crippen LogP contribution in [-0.4, -0.2) is 44.9 Å². The lowest BCUT2D eigenvalue weighted by atomic mass is 10.2. The van der Waals surface area contributed by atoms with E-state index in [4.69, 9.17) is 24.0 Å². The van der Waals surface area contributed by atoms with Gasteiger partial charge in [-0.05, 0) is 12.0 Å². The molecule has 1 aromatic carbocycles. The highest BCUT2D eigenvalue weighted by Crippen LogP contribution is 2.56. The highest BCUT2D eigenvalue weighted by Gasteiger charge is 2.48. The number of hydrogen-bond acceptors (Lipinski definition) is 9. The van der Waals surface area contributed by atoms with Gasteiger partial charge in [0.25, 0.3) is 0 Å². The lowest BCUT2D eigenvalue weighted by molar-refractivity contribution is -0.0704. The molecule has 2 saturated heterocycles. The highest BCUT2D eigenvalue weighted by atomic mass is 31.2. The predicted octanol–water partition coefficient (Wildman–Crippen LogP) is 2.48. The third-order valence-electron chi connectivity index (χ3n) is 5.02. The zero-order valence-electron chi connectivity index (χ0n) is 15.5. The molecular weight excluding hydrogens is 397 g/mol. The molecule has 0 spiro atoms. The van der Waals surface area contributed by atoms with Gasteiger partial charge < -0.3 is 10.5 Å². The Morgan fingerprint density at radius 1 is 1.21 bits per heavy atom. The molecule has 11 heteroatoms. The van der Waals surface area contributed by atoms with Gasteiger partial charge in [-0.3, -0.25) is 18.1 Å². The second-order valence-electron chi connectivity index (χ2n) is 6.90. The van der Waals surface area contributed by atoms with Gasteiger partial charge in [-0.1, -0.05) is 30.3 Å². The summed E-state index contributed by atoms with van der Waals surface area (Å²) >= 11 is 0. The van der Waals surface area contributed by atoms with Crippen LogP contribution in [0, 0.1) is 0 Å². The SMILES string of the molecule is Nc1ncnc2c1ncn2C1C[C@@H]2OP(=O)(OCCc3ccccc3)OC[C@H]2O1. The van der Waals surface area contributed by atoms with Crippen LogP contribution in [0.15, 0.2) is 43.0 Å². The van der Waals surface area contributed by atoms with Crippen molar-refractivity contribution in [2.45, 2.75) is 31.3 Å². The van der Waals surface area contributed by atoms with Crippen molar-refractivity contribution in [2.24, 2.45) is 0 Å². The van der Waals surface area contributed by atoms with Gasteiger partial charge in [-0.25, -0.2) is 19.5 Å². The summed E-state index contributed by atoms with van der Waals surface area (Å²) in [6.07, 6.45) is 2.93. The molecule has 4 atom stereocenters. The first kappa shape index (κ1) is 18.7. The van der Waals surface area contributed by atoms with Crippen molar-refractivity contribution in [3.63, 3.8) is 0 Å². The Labute approximate surface area is 166 Å². The van der Waals surface area contributed by atoms with Gasteiger partial charge in [-0.15, -0.1) is 0 Å². The van der Waals surface area contributed by atoms with Gasteiger partial charge in [0, 0.05) is 6.42 Å². The van der Waals surface area contributed by atoms with Crippen molar-refractivity contribution in [2.75, 3.05) is 18.9 Å². The Hall–Kier alpha value is -2.36. The van der Waals surface area contributed by atoms with Gasteiger partial charge in [0.15, 0.2) is 11.5 Å². The number of nitrogens with zero attached hydrogens (tertiary/aromatic N) is 4. The lowest BCUT2D eigenvalue weighted by Gasteiger charge is -2.29. The smallest absolute Gasteiger partial charge is 0.382 e. The molecule has 3 aromatic rings. The molecule has 0 amide bonds. The standard InChI is InChI=1S/C18H20N5O5P/c19-17-16-18(21-10-20-17)23(11-22-16)15-8-13-14(27-15)9-26-29(24,28-13)25-7-6-12-4-2-1-3-5-12/h1-5,10-11,13-15H,6-9H2,(H2,19,20,21)/t13-,14+,15?,29?/m0/s1. The fraction of sp³-hybridized carbons (Fsp3) is 0.389. The highest BCUT2D eigenvalue weighted by molar-refractivity contribution is 7.48. The Bertz CT molecular complexity index is 1060. The summed E-state index contributed by atoms with van der Waals surface area (Å²) in [5, 5.41) is 0. The molecular formula is C18H20N5O5P. The molecule has 152 valence electrons. The number of imidazole rings is 1. The minimum atomic E-state index is -3.63. The van der Waals surface area contributed by atoms with Crippen LogP contribution in [0.25, 0.3) is 11.2 Å². The van der Waals surface area contributed by atoms with Crippen LogP contribution in [0.1, 0.15) is 18.2 Å². The number of aromatic nitrogens is 4. The van der Waals surface area contributed by atoms with Crippen LogP contribution in [0.3, 0.4) is 0 Å². The summed E-state index contributed by atoms with van der Waals surface area (Å²) in [7, 11) is -3.63. The number of hydrogen-bond donors (Lipinski definition) is 1. The normalized spacial score (nSPS) is 29.2. The maximum atomic E-state index is 12.8. The molecule has 10 nitrogen and oxygen atoms in total. The molecule has 4 heterocycles. The average Bonchev–Trinajstić information content (AvgIpc) is 3.33. The van der Waals surface area contributed by atoms with Crippen molar-refractivity contribution in [3.8, 4) is 0 Å². The molecule has 0 saturated carbocycles. The van der Waals surface area contributed by atoms with Crippen molar-refractivity contribution in [3.05, 3.63) is 48.5 Å². The minimum Gasteiger partial charge on any atom is -0.382 e. The van der Waals surface area contributed by atoms with E-state index in [1.54, 1.807) is 10.9 Å². The van der Waals surface area contributed by atoms with Gasteiger partial charge in [0.05, 0.1) is 19.5 Å². The Kier molecular flexibility index (Phi) is 4.81. The first-order valence-electron chi connectivity index (χ1n) is 9.31. The van der Waals surface area contributed by atoms with Gasteiger partial charge in [-0.2, -0.15) is 0 Å². The quantitative estimate of drug-likeness (QED) is 0.624. The Morgan fingerprint density at radius 2 is 2.07 bits per heavy atom. The first-order chi connectivity index (χ1) is 14.1.